The predicted octanol–water partition coefficient (Wildman–Crippen LogP) is 4.71. The van der Waals surface area contributed by atoms with E-state index in [-0.39, 0.29) is 17.7 Å². The third-order valence-electron chi connectivity index (χ3n) is 6.24. The van der Waals surface area contributed by atoms with Crippen LogP contribution in [0.5, 0.6) is 11.6 Å². The molecule has 2 heterocycles. The van der Waals surface area contributed by atoms with E-state index in [9.17, 15) is 13.6 Å². The highest BCUT2D eigenvalue weighted by Crippen LogP contribution is 2.45. The number of carbonyl (C=O) groups excluding carboxylic acids is 1. The van der Waals surface area contributed by atoms with E-state index in [0.29, 0.717) is 12.1 Å². The van der Waals surface area contributed by atoms with Crippen LogP contribution in [0, 0.1) is 11.6 Å². The number of benzene rings is 1. The Labute approximate surface area is 169 Å². The number of rotatable bonds is 4. The van der Waals surface area contributed by atoms with Crippen molar-refractivity contribution < 1.29 is 18.3 Å². The van der Waals surface area contributed by atoms with E-state index in [1.807, 2.05) is 11.8 Å². The van der Waals surface area contributed by atoms with Gasteiger partial charge in [-0.2, -0.15) is 5.10 Å². The molecule has 5 nitrogen and oxygen atoms in total. The van der Waals surface area contributed by atoms with Gasteiger partial charge in [-0.25, -0.2) is 8.78 Å². The number of amides is 1. The largest absolute Gasteiger partial charge is 0.431 e. The van der Waals surface area contributed by atoms with Crippen LogP contribution in [0.1, 0.15) is 63.1 Å². The first-order valence-electron chi connectivity index (χ1n) is 10.2. The molecule has 0 saturated carbocycles. The van der Waals surface area contributed by atoms with Gasteiger partial charge in [0.25, 0.3) is 0 Å². The first-order chi connectivity index (χ1) is 13.9. The third kappa shape index (κ3) is 3.47. The standard InChI is InChI=1S/C22H25F2N3O2/c1-3-14-9-10-22(2,21(28)27-11-4-5-12-27)20-15(14)13-18(25-26-20)29-19-16(23)7-6-8-17(19)24/h6-8,13-14H,3-5,9-12H2,1-2H3/t14-,22-/m0/s1. The summed E-state index contributed by atoms with van der Waals surface area (Å²) >= 11 is 0. The number of halogens is 2. The fraction of sp³-hybridized carbons (Fsp3) is 0.500. The Morgan fingerprint density at radius 2 is 1.93 bits per heavy atom. The van der Waals surface area contributed by atoms with Crippen molar-refractivity contribution in [2.24, 2.45) is 0 Å². The molecule has 1 aliphatic carbocycles. The van der Waals surface area contributed by atoms with Gasteiger partial charge >= 0.3 is 0 Å². The van der Waals surface area contributed by atoms with Gasteiger partial charge in [-0.05, 0) is 62.6 Å². The average molecular weight is 401 g/mol. The quantitative estimate of drug-likeness (QED) is 0.744. The molecule has 1 saturated heterocycles. The minimum atomic E-state index is -0.800. The number of likely N-dealkylation sites (tertiary alicyclic amines) is 1. The molecule has 0 spiro atoms. The fourth-order valence-electron chi connectivity index (χ4n) is 4.50. The molecule has 1 aromatic heterocycles. The summed E-state index contributed by atoms with van der Waals surface area (Å²) in [7, 11) is 0. The average Bonchev–Trinajstić information content (AvgIpc) is 3.25. The maximum atomic E-state index is 14.0. The lowest BCUT2D eigenvalue weighted by Gasteiger charge is -2.38. The van der Waals surface area contributed by atoms with Crippen LogP contribution in [0.2, 0.25) is 0 Å². The van der Waals surface area contributed by atoms with Crippen molar-refractivity contribution in [3.8, 4) is 11.6 Å². The van der Waals surface area contributed by atoms with Gasteiger partial charge < -0.3 is 9.64 Å². The van der Waals surface area contributed by atoms with Gasteiger partial charge in [0, 0.05) is 19.2 Å². The molecule has 1 aliphatic heterocycles. The number of hydrogen-bond donors (Lipinski definition) is 0. The summed E-state index contributed by atoms with van der Waals surface area (Å²) in [6.07, 6.45) is 4.49. The van der Waals surface area contributed by atoms with Crippen molar-refractivity contribution in [1.82, 2.24) is 15.1 Å². The Kier molecular flexibility index (Phi) is 5.23. The molecule has 0 N–H and O–H groups in total. The summed E-state index contributed by atoms with van der Waals surface area (Å²) in [5, 5.41) is 8.42. The lowest BCUT2D eigenvalue weighted by molar-refractivity contribution is -0.136. The normalized spacial score (nSPS) is 23.7. The monoisotopic (exact) mass is 401 g/mol. The Hall–Kier alpha value is -2.57. The summed E-state index contributed by atoms with van der Waals surface area (Å²) in [4.78, 5) is 15.2. The number of ether oxygens (including phenoxy) is 1. The molecule has 7 heteroatoms. The lowest BCUT2D eigenvalue weighted by Crippen LogP contribution is -2.47. The Morgan fingerprint density at radius 1 is 1.24 bits per heavy atom. The van der Waals surface area contributed by atoms with Crippen LogP contribution in [-0.4, -0.2) is 34.1 Å². The van der Waals surface area contributed by atoms with Crippen LogP contribution in [0.3, 0.4) is 0 Å². The second-order valence-electron chi connectivity index (χ2n) is 8.11. The van der Waals surface area contributed by atoms with Crippen molar-refractivity contribution in [2.75, 3.05) is 13.1 Å². The van der Waals surface area contributed by atoms with Crippen molar-refractivity contribution in [1.29, 1.82) is 0 Å². The highest BCUT2D eigenvalue weighted by Gasteiger charge is 2.46. The smallest absolute Gasteiger partial charge is 0.239 e. The van der Waals surface area contributed by atoms with Crippen LogP contribution in [-0.2, 0) is 10.2 Å². The number of aromatic nitrogens is 2. The van der Waals surface area contributed by atoms with Crippen LogP contribution >= 0.6 is 0 Å². The van der Waals surface area contributed by atoms with Gasteiger partial charge in [-0.3, -0.25) is 4.79 Å². The van der Waals surface area contributed by atoms with Crippen LogP contribution < -0.4 is 4.74 Å². The first-order valence-corrected chi connectivity index (χ1v) is 10.2. The summed E-state index contributed by atoms with van der Waals surface area (Å²) in [5.74, 6) is -1.77. The Balaban J connectivity index is 1.71. The van der Waals surface area contributed by atoms with E-state index in [1.54, 1.807) is 6.07 Å². The van der Waals surface area contributed by atoms with E-state index in [2.05, 4.69) is 17.1 Å². The molecule has 2 aromatic rings. The maximum Gasteiger partial charge on any atom is 0.239 e. The molecule has 2 aliphatic rings. The number of carbonyl (C=O) groups is 1. The summed E-state index contributed by atoms with van der Waals surface area (Å²) < 4.78 is 33.3. The number of hydrogen-bond acceptors (Lipinski definition) is 4. The van der Waals surface area contributed by atoms with Gasteiger partial charge in [0.15, 0.2) is 11.6 Å². The first kappa shape index (κ1) is 19.7. The van der Waals surface area contributed by atoms with Gasteiger partial charge in [0.05, 0.1) is 11.1 Å². The zero-order chi connectivity index (χ0) is 20.6. The van der Waals surface area contributed by atoms with Gasteiger partial charge in [0.1, 0.15) is 0 Å². The van der Waals surface area contributed by atoms with E-state index < -0.39 is 22.8 Å². The summed E-state index contributed by atoms with van der Waals surface area (Å²) in [5.41, 5.74) is 0.810. The van der Waals surface area contributed by atoms with Crippen molar-refractivity contribution >= 4 is 5.91 Å². The Bertz CT molecular complexity index is 910. The third-order valence-corrected chi connectivity index (χ3v) is 6.24. The van der Waals surface area contributed by atoms with Crippen LogP contribution in [0.25, 0.3) is 0 Å². The molecule has 154 valence electrons. The number of fused-ring (bicyclic) bond motifs is 1. The molecule has 1 amide bonds. The zero-order valence-corrected chi connectivity index (χ0v) is 16.8. The number of para-hydroxylation sites is 1. The molecule has 2 atom stereocenters. The van der Waals surface area contributed by atoms with Crippen molar-refractivity contribution in [3.63, 3.8) is 0 Å². The van der Waals surface area contributed by atoms with E-state index in [1.165, 1.54) is 6.07 Å². The predicted molar refractivity (Wildman–Crippen MR) is 104 cm³/mol. The Morgan fingerprint density at radius 3 is 2.59 bits per heavy atom. The minimum Gasteiger partial charge on any atom is -0.431 e. The zero-order valence-electron chi connectivity index (χ0n) is 16.8. The SMILES string of the molecule is CC[C@H]1CC[C@](C)(C(=O)N2CCCC2)c2nnc(Oc3c(F)cccc3F)cc21. The molecular formula is C22H25F2N3O2. The van der Waals surface area contributed by atoms with Gasteiger partial charge in [-0.1, -0.05) is 13.0 Å². The molecule has 4 rings (SSSR count). The van der Waals surface area contributed by atoms with Gasteiger partial charge in [-0.15, -0.1) is 5.10 Å². The molecular weight excluding hydrogens is 376 g/mol. The lowest BCUT2D eigenvalue weighted by atomic mass is 9.69. The van der Waals surface area contributed by atoms with Crippen molar-refractivity contribution in [3.05, 3.63) is 47.2 Å². The molecule has 1 fully saturated rings. The highest BCUT2D eigenvalue weighted by atomic mass is 19.1. The molecule has 0 radical (unpaired) electrons. The summed E-state index contributed by atoms with van der Waals surface area (Å²) in [6, 6.07) is 5.23. The van der Waals surface area contributed by atoms with Crippen LogP contribution in [0.4, 0.5) is 8.78 Å². The van der Waals surface area contributed by atoms with E-state index in [0.717, 1.165) is 56.5 Å². The molecule has 0 bridgehead atoms. The second kappa shape index (κ2) is 7.69. The summed E-state index contributed by atoms with van der Waals surface area (Å²) in [6.45, 7) is 5.57. The number of nitrogens with zero attached hydrogens (tertiary/aromatic N) is 3. The molecule has 0 unspecified atom stereocenters. The molecule has 1 aromatic carbocycles. The fourth-order valence-corrected chi connectivity index (χ4v) is 4.50. The van der Waals surface area contributed by atoms with Crippen LogP contribution in [0.15, 0.2) is 24.3 Å². The second-order valence-corrected chi connectivity index (χ2v) is 8.11. The topological polar surface area (TPSA) is 55.3 Å². The maximum absolute atomic E-state index is 14.0. The van der Waals surface area contributed by atoms with E-state index in [4.69, 9.17) is 4.74 Å². The molecule has 29 heavy (non-hydrogen) atoms. The van der Waals surface area contributed by atoms with Gasteiger partial charge in [0.2, 0.25) is 17.5 Å². The highest BCUT2D eigenvalue weighted by molar-refractivity contribution is 5.88. The van der Waals surface area contributed by atoms with E-state index >= 15 is 0 Å². The van der Waals surface area contributed by atoms with Crippen molar-refractivity contribution in [2.45, 2.75) is 57.3 Å². The minimum absolute atomic E-state index is 0.0315.